The summed E-state index contributed by atoms with van der Waals surface area (Å²) in [6.45, 7) is 0. The van der Waals surface area contributed by atoms with E-state index < -0.39 is 10.8 Å². The van der Waals surface area contributed by atoms with E-state index in [0.717, 1.165) is 12.8 Å². The van der Waals surface area contributed by atoms with E-state index in [9.17, 15) is 9.59 Å². The average molecular weight is 324 g/mol. The van der Waals surface area contributed by atoms with Crippen LogP contribution in [-0.4, -0.2) is 24.1 Å². The van der Waals surface area contributed by atoms with Crippen molar-refractivity contribution in [3.05, 3.63) is 0 Å². The van der Waals surface area contributed by atoms with Crippen LogP contribution in [0.5, 0.6) is 0 Å². The van der Waals surface area contributed by atoms with Gasteiger partial charge in [-0.1, -0.05) is 0 Å². The number of carbonyl (C=O) groups excluding carboxylic acids is 2. The Morgan fingerprint density at radius 1 is 0.625 bits per heavy atom. The maximum atomic E-state index is 13.5. The minimum Gasteiger partial charge on any atom is -0.462 e. The summed E-state index contributed by atoms with van der Waals surface area (Å²) in [7, 11) is 0. The summed E-state index contributed by atoms with van der Waals surface area (Å²) in [5.74, 6) is 5.71. The second-order valence-electron chi connectivity index (χ2n) is 10.5. The number of ether oxygens (including phenoxy) is 2. The summed E-state index contributed by atoms with van der Waals surface area (Å²) in [4.78, 5) is 27.0. The molecule has 0 N–H and O–H groups in total. The molecular weight excluding hydrogens is 304 g/mol. The molecule has 2 saturated heterocycles. The molecule has 10 aliphatic rings. The van der Waals surface area contributed by atoms with E-state index in [1.54, 1.807) is 0 Å². The van der Waals surface area contributed by atoms with Crippen LogP contribution in [0.4, 0.5) is 0 Å². The Balaban J connectivity index is 1.45. The van der Waals surface area contributed by atoms with Crippen molar-refractivity contribution < 1.29 is 19.1 Å². The Hall–Kier alpha value is -1.06. The molecule has 124 valence electrons. The van der Waals surface area contributed by atoms with E-state index in [2.05, 4.69) is 0 Å². The lowest BCUT2D eigenvalue weighted by Crippen LogP contribution is -2.71. The van der Waals surface area contributed by atoms with Crippen LogP contribution in [0.3, 0.4) is 0 Å². The van der Waals surface area contributed by atoms with Gasteiger partial charge >= 0.3 is 11.9 Å². The summed E-state index contributed by atoms with van der Waals surface area (Å²) in [6, 6.07) is 0. The molecule has 8 aliphatic carbocycles. The Bertz CT molecular complexity index is 723. The number of hydrogen-bond acceptors (Lipinski definition) is 4. The number of carbonyl (C=O) groups is 2. The van der Waals surface area contributed by atoms with Gasteiger partial charge in [0.25, 0.3) is 0 Å². The highest BCUT2D eigenvalue weighted by Crippen LogP contribution is 2.99. The molecule has 2 spiro atoms. The van der Waals surface area contributed by atoms with Crippen LogP contribution in [0.15, 0.2) is 0 Å². The summed E-state index contributed by atoms with van der Waals surface area (Å²) in [5, 5.41) is 0. The van der Waals surface area contributed by atoms with Crippen molar-refractivity contribution in [2.75, 3.05) is 0 Å². The van der Waals surface area contributed by atoms with E-state index in [4.69, 9.17) is 9.47 Å². The van der Waals surface area contributed by atoms with Gasteiger partial charge in [0.1, 0.15) is 12.2 Å². The van der Waals surface area contributed by atoms with Crippen molar-refractivity contribution in [3.63, 3.8) is 0 Å². The zero-order chi connectivity index (χ0) is 15.3. The molecule has 10 rings (SSSR count). The highest BCUT2D eigenvalue weighted by atomic mass is 16.6. The van der Waals surface area contributed by atoms with Crippen molar-refractivity contribution in [2.24, 2.45) is 70.0 Å². The molecule has 0 aromatic carbocycles. The zero-order valence-corrected chi connectivity index (χ0v) is 13.4. The standard InChI is InChI=1S/C20H20O4/c21-17-19-13-5-1-3-7-9(5)15-11(13)12-14(20(15,19)18(22)23-7)6-2-4-8(24-17)10(6)16(12)19/h5-16H,1-4H2/t5-,6+,7-,8-,9+,10-,11-,12+,13-,14+,15-,16+,19-,20-/m1/s1. The zero-order valence-electron chi connectivity index (χ0n) is 13.4. The van der Waals surface area contributed by atoms with Crippen molar-refractivity contribution in [1.82, 2.24) is 0 Å². The van der Waals surface area contributed by atoms with E-state index in [-0.39, 0.29) is 24.1 Å². The molecule has 2 aliphatic heterocycles. The molecule has 0 radical (unpaired) electrons. The fraction of sp³-hybridized carbons (Fsp3) is 0.900. The number of esters is 2. The van der Waals surface area contributed by atoms with Crippen LogP contribution in [0, 0.1) is 70.0 Å². The van der Waals surface area contributed by atoms with Crippen molar-refractivity contribution in [2.45, 2.75) is 37.9 Å². The lowest BCUT2D eigenvalue weighted by Gasteiger charge is -2.62. The first-order valence-corrected chi connectivity index (χ1v) is 10.2. The predicted octanol–water partition coefficient (Wildman–Crippen LogP) is 1.63. The van der Waals surface area contributed by atoms with Crippen LogP contribution in [0.1, 0.15) is 25.7 Å². The van der Waals surface area contributed by atoms with Crippen LogP contribution >= 0.6 is 0 Å². The Kier molecular flexibility index (Phi) is 1.33. The molecule has 24 heavy (non-hydrogen) atoms. The SMILES string of the molecule is O=C1O[C@@H]2CC[C@H]3[C@H]2[C@H]2[C@H]4[C@H]5[C@H]6[C@H]7[C@H]8CC[C@H]7OC(=O)[C@]6([C@@H]34)[C@@]12[C@H]85. The van der Waals surface area contributed by atoms with Gasteiger partial charge in [0, 0.05) is 11.8 Å². The Labute approximate surface area is 139 Å². The monoisotopic (exact) mass is 324 g/mol. The third kappa shape index (κ3) is 0.641. The first-order valence-electron chi connectivity index (χ1n) is 10.2. The van der Waals surface area contributed by atoms with E-state index in [1.165, 1.54) is 12.8 Å². The lowest BCUT2D eigenvalue weighted by atomic mass is 9.42. The summed E-state index contributed by atoms with van der Waals surface area (Å²) in [6.07, 6.45) is 4.77. The van der Waals surface area contributed by atoms with E-state index in [0.29, 0.717) is 59.2 Å². The highest BCUT2D eigenvalue weighted by Gasteiger charge is 3.03. The maximum Gasteiger partial charge on any atom is 0.314 e. The molecule has 2 heterocycles. The van der Waals surface area contributed by atoms with Crippen molar-refractivity contribution in [1.29, 1.82) is 0 Å². The van der Waals surface area contributed by atoms with Crippen LogP contribution in [-0.2, 0) is 19.1 Å². The smallest absolute Gasteiger partial charge is 0.314 e. The lowest BCUT2D eigenvalue weighted by molar-refractivity contribution is -0.250. The van der Waals surface area contributed by atoms with E-state index in [1.807, 2.05) is 0 Å². The first kappa shape index (κ1) is 11.5. The molecule has 4 nitrogen and oxygen atoms in total. The molecule has 14 atom stereocenters. The third-order valence-corrected chi connectivity index (χ3v) is 11.3. The molecule has 0 unspecified atom stereocenters. The van der Waals surface area contributed by atoms with E-state index >= 15 is 0 Å². The fourth-order valence-corrected chi connectivity index (χ4v) is 12.0. The molecule has 0 aromatic heterocycles. The van der Waals surface area contributed by atoms with Gasteiger partial charge in [-0.25, -0.2) is 0 Å². The van der Waals surface area contributed by atoms with Crippen molar-refractivity contribution in [3.8, 4) is 0 Å². The molecule has 4 heteroatoms. The fourth-order valence-electron chi connectivity index (χ4n) is 12.0. The Morgan fingerprint density at radius 3 is 1.54 bits per heavy atom. The van der Waals surface area contributed by atoms with Gasteiger partial charge in [-0.3, -0.25) is 9.59 Å². The molecule has 10 fully saturated rings. The van der Waals surface area contributed by atoms with Crippen LogP contribution < -0.4 is 0 Å². The Morgan fingerprint density at radius 2 is 1.08 bits per heavy atom. The van der Waals surface area contributed by atoms with Gasteiger partial charge in [0.15, 0.2) is 0 Å². The summed E-state index contributed by atoms with van der Waals surface area (Å²) in [5.41, 5.74) is -0.902. The van der Waals surface area contributed by atoms with Gasteiger partial charge in [0.05, 0.1) is 10.8 Å². The molecule has 0 aromatic rings. The van der Waals surface area contributed by atoms with Gasteiger partial charge in [-0.15, -0.1) is 0 Å². The first-order chi connectivity index (χ1) is 11.7. The summed E-state index contributed by atoms with van der Waals surface area (Å²) >= 11 is 0. The number of hydrogen-bond donors (Lipinski definition) is 0. The normalized spacial score (nSPS) is 78.5. The van der Waals surface area contributed by atoms with Crippen molar-refractivity contribution >= 4 is 11.9 Å². The van der Waals surface area contributed by atoms with Gasteiger partial charge in [-0.2, -0.15) is 0 Å². The van der Waals surface area contributed by atoms with Crippen LogP contribution in [0.25, 0.3) is 0 Å². The average Bonchev–Trinajstić information content (AvgIpc) is 3.34. The minimum atomic E-state index is -0.451. The molecular formula is C20H20O4. The molecule has 8 saturated carbocycles. The van der Waals surface area contributed by atoms with Gasteiger partial charge in [-0.05, 0) is 73.0 Å². The van der Waals surface area contributed by atoms with Gasteiger partial charge in [0.2, 0.25) is 0 Å². The molecule has 8 bridgehead atoms. The predicted molar refractivity (Wildman–Crippen MR) is 78.0 cm³/mol. The van der Waals surface area contributed by atoms with Gasteiger partial charge < -0.3 is 9.47 Å². The minimum absolute atomic E-state index is 0.0392. The molecule has 0 amide bonds. The quantitative estimate of drug-likeness (QED) is 0.636. The second-order valence-corrected chi connectivity index (χ2v) is 10.5. The largest absolute Gasteiger partial charge is 0.462 e. The van der Waals surface area contributed by atoms with Crippen LogP contribution in [0.2, 0.25) is 0 Å². The highest BCUT2D eigenvalue weighted by molar-refractivity contribution is 5.96. The second kappa shape index (κ2) is 2.77. The summed E-state index contributed by atoms with van der Waals surface area (Å²) < 4.78 is 12.2. The third-order valence-electron chi connectivity index (χ3n) is 11.3. The number of rotatable bonds is 0. The topological polar surface area (TPSA) is 52.6 Å². The maximum absolute atomic E-state index is 13.5.